The molecule has 244 valence electrons. The average molecular weight is 640 g/mol. The van der Waals surface area contributed by atoms with Crippen molar-refractivity contribution in [1.29, 1.82) is 0 Å². The van der Waals surface area contributed by atoms with E-state index >= 15 is 0 Å². The van der Waals surface area contributed by atoms with Gasteiger partial charge in [0.2, 0.25) is 5.91 Å². The van der Waals surface area contributed by atoms with E-state index in [9.17, 15) is 14.4 Å². The number of nitrogens with one attached hydrogen (secondary N) is 3. The zero-order chi connectivity index (χ0) is 32.8. The minimum Gasteiger partial charge on any atom is -0.360 e. The first-order chi connectivity index (χ1) is 22.9. The Morgan fingerprint density at radius 1 is 0.851 bits per heavy atom. The Morgan fingerprint density at radius 2 is 1.55 bits per heavy atom. The smallest absolute Gasteiger partial charge is 0.269 e. The number of carbonyl (C=O) groups excluding carboxylic acids is 3. The molecule has 11 heteroatoms. The molecule has 0 aromatic heterocycles. The quantitative estimate of drug-likeness (QED) is 0.235. The Morgan fingerprint density at radius 3 is 2.30 bits per heavy atom. The largest absolute Gasteiger partial charge is 0.360 e. The van der Waals surface area contributed by atoms with Gasteiger partial charge in [-0.2, -0.15) is 0 Å². The maximum atomic E-state index is 13.3. The normalized spacial score (nSPS) is 24.5. The van der Waals surface area contributed by atoms with Gasteiger partial charge in [-0.15, -0.1) is 0 Å². The molecule has 0 unspecified atom stereocenters. The van der Waals surface area contributed by atoms with Crippen LogP contribution < -0.4 is 16.2 Å². The van der Waals surface area contributed by atoms with Crippen molar-refractivity contribution in [3.63, 3.8) is 0 Å². The van der Waals surface area contributed by atoms with E-state index in [0.29, 0.717) is 5.56 Å². The number of hydrazine groups is 1. The zero-order valence-corrected chi connectivity index (χ0v) is 26.0. The van der Waals surface area contributed by atoms with Gasteiger partial charge in [-0.1, -0.05) is 91.0 Å². The molecule has 2 saturated heterocycles. The van der Waals surface area contributed by atoms with E-state index in [1.54, 1.807) is 19.1 Å². The first-order valence-electron chi connectivity index (χ1n) is 15.5. The predicted octanol–water partition coefficient (Wildman–Crippen LogP) is 3.94. The lowest BCUT2D eigenvalue weighted by atomic mass is 9.95. The molecule has 0 spiro atoms. The molecule has 4 aromatic rings. The molecular formula is C36H37N3O8. The van der Waals surface area contributed by atoms with Crippen molar-refractivity contribution < 1.29 is 38.1 Å². The fourth-order valence-electron chi connectivity index (χ4n) is 5.72. The second-order valence-corrected chi connectivity index (χ2v) is 11.5. The zero-order valence-electron chi connectivity index (χ0n) is 26.0. The maximum Gasteiger partial charge on any atom is 0.269 e. The second-order valence-electron chi connectivity index (χ2n) is 11.5. The van der Waals surface area contributed by atoms with Crippen molar-refractivity contribution in [3.8, 4) is 0 Å². The summed E-state index contributed by atoms with van der Waals surface area (Å²) < 4.78 is 31.3. The topological polar surface area (TPSA) is 133 Å². The molecule has 0 saturated carbocycles. The van der Waals surface area contributed by atoms with Gasteiger partial charge < -0.3 is 29.0 Å². The summed E-state index contributed by atoms with van der Waals surface area (Å²) in [5.41, 5.74) is 7.02. The fourth-order valence-corrected chi connectivity index (χ4v) is 5.72. The molecule has 2 aliphatic heterocycles. The summed E-state index contributed by atoms with van der Waals surface area (Å²) in [6.07, 6.45) is -5.03. The van der Waals surface area contributed by atoms with Crippen LogP contribution in [0, 0.1) is 0 Å². The molecule has 4 aromatic carbocycles. The lowest BCUT2D eigenvalue weighted by Crippen LogP contribution is -2.68. The van der Waals surface area contributed by atoms with E-state index in [-0.39, 0.29) is 19.1 Å². The molecule has 3 N–H and O–H groups in total. The molecule has 2 heterocycles. The second kappa shape index (κ2) is 14.8. The molecule has 2 aliphatic rings. The Labute approximate surface area is 272 Å². The van der Waals surface area contributed by atoms with Gasteiger partial charge in [-0.3, -0.25) is 25.2 Å². The first-order valence-corrected chi connectivity index (χ1v) is 15.5. The third-order valence-corrected chi connectivity index (χ3v) is 8.08. The summed E-state index contributed by atoms with van der Waals surface area (Å²) in [6.45, 7) is 3.30. The molecule has 0 radical (unpaired) electrons. The third kappa shape index (κ3) is 7.84. The highest BCUT2D eigenvalue weighted by Crippen LogP contribution is 2.36. The molecule has 3 amide bonds. The lowest BCUT2D eigenvalue weighted by Gasteiger charge is -2.49. The summed E-state index contributed by atoms with van der Waals surface area (Å²) in [4.78, 5) is 38.6. The number of fused-ring (bicyclic) bond motifs is 2. The van der Waals surface area contributed by atoms with Gasteiger partial charge in [0.25, 0.3) is 11.8 Å². The third-order valence-electron chi connectivity index (χ3n) is 8.08. The minimum absolute atomic E-state index is 0.157. The van der Waals surface area contributed by atoms with Gasteiger partial charge >= 0.3 is 0 Å². The van der Waals surface area contributed by atoms with Crippen LogP contribution in [0.4, 0.5) is 0 Å². The molecule has 0 bridgehead atoms. The van der Waals surface area contributed by atoms with Crippen LogP contribution in [0.5, 0.6) is 0 Å². The van der Waals surface area contributed by atoms with Crippen molar-refractivity contribution in [1.82, 2.24) is 16.2 Å². The summed E-state index contributed by atoms with van der Waals surface area (Å²) in [5, 5.41) is 4.79. The Balaban J connectivity index is 1.19. The van der Waals surface area contributed by atoms with Crippen LogP contribution in [0.25, 0.3) is 10.8 Å². The van der Waals surface area contributed by atoms with Gasteiger partial charge in [0.05, 0.1) is 13.2 Å². The summed E-state index contributed by atoms with van der Waals surface area (Å²) in [5.74, 6) is -1.42. The van der Waals surface area contributed by atoms with E-state index in [0.717, 1.165) is 21.9 Å². The van der Waals surface area contributed by atoms with Crippen LogP contribution in [-0.2, 0) is 39.9 Å². The van der Waals surface area contributed by atoms with Gasteiger partial charge in [-0.05, 0) is 35.4 Å². The summed E-state index contributed by atoms with van der Waals surface area (Å²) in [7, 11) is 0. The molecule has 2 fully saturated rings. The predicted molar refractivity (Wildman–Crippen MR) is 171 cm³/mol. The number of benzene rings is 4. The van der Waals surface area contributed by atoms with Crippen molar-refractivity contribution in [2.45, 2.75) is 63.5 Å². The highest BCUT2D eigenvalue weighted by Gasteiger charge is 2.52. The van der Waals surface area contributed by atoms with Crippen LogP contribution in [0.15, 0.2) is 103 Å². The van der Waals surface area contributed by atoms with E-state index in [1.807, 2.05) is 91.0 Å². The van der Waals surface area contributed by atoms with Crippen molar-refractivity contribution in [2.75, 3.05) is 6.61 Å². The molecule has 7 atom stereocenters. The Hall–Kier alpha value is -4.65. The molecule has 47 heavy (non-hydrogen) atoms. The van der Waals surface area contributed by atoms with Gasteiger partial charge in [0, 0.05) is 18.1 Å². The fraction of sp³-hybridized carbons (Fsp3) is 0.306. The summed E-state index contributed by atoms with van der Waals surface area (Å²) in [6, 6.07) is 31.1. The number of amides is 3. The van der Waals surface area contributed by atoms with E-state index < -0.39 is 54.9 Å². The van der Waals surface area contributed by atoms with Crippen LogP contribution in [0.2, 0.25) is 0 Å². The maximum absolute atomic E-state index is 13.3. The monoisotopic (exact) mass is 639 g/mol. The van der Waals surface area contributed by atoms with Crippen molar-refractivity contribution in [3.05, 3.63) is 120 Å². The van der Waals surface area contributed by atoms with E-state index in [1.165, 1.54) is 6.92 Å². The first kappa shape index (κ1) is 32.3. The minimum atomic E-state index is -1.08. The average Bonchev–Trinajstić information content (AvgIpc) is 3.10. The van der Waals surface area contributed by atoms with Crippen LogP contribution >= 0.6 is 0 Å². The number of ether oxygens (including phenoxy) is 5. The van der Waals surface area contributed by atoms with Crippen LogP contribution in [0.1, 0.15) is 41.6 Å². The Bertz CT molecular complexity index is 1690. The number of rotatable bonds is 9. The van der Waals surface area contributed by atoms with Crippen molar-refractivity contribution in [2.24, 2.45) is 0 Å². The number of hydrogen-bond donors (Lipinski definition) is 3. The van der Waals surface area contributed by atoms with Gasteiger partial charge in [-0.25, -0.2) is 0 Å². The van der Waals surface area contributed by atoms with E-state index in [4.69, 9.17) is 23.7 Å². The molecular weight excluding hydrogens is 602 g/mol. The standard InChI is InChI=1S/C36H37N3O8/c1-22(33(41)38-39-34(42)28-18-17-25-13-9-10-16-27(25)19-28)45-32-30(37-23(2)40)36(43-20-24-11-5-3-6-12-24)46-29-21-44-35(47-31(29)32)26-14-7-4-8-15-26/h3-19,22,29-32,35-36H,20-21H2,1-2H3,(H,37,40)(H,38,41)(H,39,42)/t22-,29-,30-,31-,32-,35+,36+/m1/s1. The van der Waals surface area contributed by atoms with Crippen LogP contribution in [-0.4, -0.2) is 61.1 Å². The lowest BCUT2D eigenvalue weighted by molar-refractivity contribution is -0.351. The van der Waals surface area contributed by atoms with Crippen LogP contribution in [0.3, 0.4) is 0 Å². The molecule has 6 rings (SSSR count). The number of carbonyl (C=O) groups is 3. The van der Waals surface area contributed by atoms with Crippen molar-refractivity contribution >= 4 is 28.5 Å². The van der Waals surface area contributed by atoms with Gasteiger partial charge in [0.15, 0.2) is 12.6 Å². The van der Waals surface area contributed by atoms with E-state index in [2.05, 4.69) is 16.2 Å². The highest BCUT2D eigenvalue weighted by atomic mass is 16.8. The van der Waals surface area contributed by atoms with Gasteiger partial charge in [0.1, 0.15) is 30.5 Å². The Kier molecular flexibility index (Phi) is 10.2. The highest BCUT2D eigenvalue weighted by molar-refractivity contribution is 5.99. The molecule has 0 aliphatic carbocycles. The number of hydrogen-bond acceptors (Lipinski definition) is 8. The molecule has 11 nitrogen and oxygen atoms in total. The summed E-state index contributed by atoms with van der Waals surface area (Å²) >= 11 is 0. The SMILES string of the molecule is CC(=O)N[C@H]1[C@@H](OCc2ccccc2)O[C@@H]2CO[C@H](c3ccccc3)O[C@H]2[C@@H]1O[C@H](C)C(=O)NNC(=O)c1ccc2ccccc2c1.